The molecule has 0 saturated carbocycles. The maximum atomic E-state index is 13.0. The number of hydrogen-bond donors (Lipinski definition) is 1. The number of anilines is 2. The molecule has 1 saturated heterocycles. The number of rotatable bonds is 5. The summed E-state index contributed by atoms with van der Waals surface area (Å²) in [6.45, 7) is 6.40. The fourth-order valence-corrected chi connectivity index (χ4v) is 3.76. The van der Waals surface area contributed by atoms with Crippen molar-refractivity contribution in [3.63, 3.8) is 0 Å². The predicted molar refractivity (Wildman–Crippen MR) is 101 cm³/mol. The number of carboxylic acids is 1. The molecular weight excluding hydrogens is 362 g/mol. The van der Waals surface area contributed by atoms with E-state index in [-0.39, 0.29) is 5.91 Å². The number of aromatic nitrogens is 1. The number of methoxy groups -OCH3 is 1. The van der Waals surface area contributed by atoms with Crippen LogP contribution in [0.2, 0.25) is 0 Å². The van der Waals surface area contributed by atoms with E-state index in [1.165, 1.54) is 0 Å². The Morgan fingerprint density at radius 3 is 2.43 bits per heavy atom. The van der Waals surface area contributed by atoms with Gasteiger partial charge in [-0.3, -0.25) is 9.69 Å². The van der Waals surface area contributed by atoms with E-state index in [0.29, 0.717) is 50.7 Å². The SMILES string of the molecule is COc1ccc(NC(=O)[C@H]2CC(C)=C(C)C[C@H]2C(=O)[O-])c(N2CCOCC2)[nH+]1. The van der Waals surface area contributed by atoms with Crippen LogP contribution in [0.25, 0.3) is 0 Å². The van der Waals surface area contributed by atoms with Gasteiger partial charge in [-0.15, -0.1) is 0 Å². The molecule has 8 nitrogen and oxygen atoms in total. The zero-order chi connectivity index (χ0) is 20.3. The first-order chi connectivity index (χ1) is 13.4. The van der Waals surface area contributed by atoms with E-state index in [9.17, 15) is 14.7 Å². The highest BCUT2D eigenvalue weighted by Gasteiger charge is 2.35. The second kappa shape index (κ2) is 8.60. The minimum Gasteiger partial charge on any atom is -0.550 e. The molecule has 0 radical (unpaired) electrons. The third-order valence-electron chi connectivity index (χ3n) is 5.61. The number of H-pyrrole nitrogens is 1. The Balaban J connectivity index is 1.85. The Hall–Kier alpha value is -2.61. The fourth-order valence-electron chi connectivity index (χ4n) is 3.76. The lowest BCUT2D eigenvalue weighted by Gasteiger charge is -2.33. The van der Waals surface area contributed by atoms with E-state index in [1.807, 2.05) is 13.8 Å². The minimum absolute atomic E-state index is 0.311. The number of nitrogens with zero attached hydrogens (tertiary/aromatic N) is 1. The zero-order valence-electron chi connectivity index (χ0n) is 16.5. The van der Waals surface area contributed by atoms with Crippen molar-refractivity contribution in [1.29, 1.82) is 0 Å². The lowest BCUT2D eigenvalue weighted by molar-refractivity contribution is -0.379. The second-order valence-corrected chi connectivity index (χ2v) is 7.38. The van der Waals surface area contributed by atoms with Crippen LogP contribution in [0.3, 0.4) is 0 Å². The molecule has 1 amide bonds. The molecular formula is C20H27N3O5. The van der Waals surface area contributed by atoms with E-state index in [4.69, 9.17) is 9.47 Å². The second-order valence-electron chi connectivity index (χ2n) is 7.38. The molecule has 0 bridgehead atoms. The number of morpholine rings is 1. The van der Waals surface area contributed by atoms with Gasteiger partial charge in [0.05, 0.1) is 26.2 Å². The highest BCUT2D eigenvalue weighted by atomic mass is 16.5. The number of allylic oxidation sites excluding steroid dienone is 2. The van der Waals surface area contributed by atoms with E-state index < -0.39 is 17.8 Å². The Morgan fingerprint density at radius 1 is 1.18 bits per heavy atom. The maximum absolute atomic E-state index is 13.0. The standard InChI is InChI=1S/C20H27N3O5/c1-12-10-14(15(20(25)26)11-13(12)2)19(24)21-16-4-5-17(27-3)22-18(16)23-6-8-28-9-7-23/h4-5,14-15H,6-11H2,1-3H3,(H,21,24)(H,25,26)/t14-,15+/m0/s1. The van der Waals surface area contributed by atoms with Gasteiger partial charge >= 0.3 is 5.82 Å². The number of nitrogens with one attached hydrogen (secondary N) is 2. The van der Waals surface area contributed by atoms with Crippen molar-refractivity contribution >= 4 is 23.4 Å². The summed E-state index contributed by atoms with van der Waals surface area (Å²) in [6, 6.07) is 3.49. The Bertz CT molecular complexity index is 786. The van der Waals surface area contributed by atoms with Crippen LogP contribution < -0.4 is 25.0 Å². The molecule has 2 heterocycles. The molecule has 3 rings (SSSR count). The summed E-state index contributed by atoms with van der Waals surface area (Å²) in [7, 11) is 1.57. The number of carboxylic acid groups (broad SMARTS) is 1. The Morgan fingerprint density at radius 2 is 1.82 bits per heavy atom. The number of pyridine rings is 1. The average Bonchev–Trinajstić information content (AvgIpc) is 2.70. The van der Waals surface area contributed by atoms with Gasteiger partial charge in [0, 0.05) is 18.0 Å². The van der Waals surface area contributed by atoms with Crippen molar-refractivity contribution in [2.45, 2.75) is 26.7 Å². The first-order valence-electron chi connectivity index (χ1n) is 9.50. The van der Waals surface area contributed by atoms with Gasteiger partial charge in [-0.1, -0.05) is 11.1 Å². The lowest BCUT2D eigenvalue weighted by Crippen LogP contribution is -2.43. The van der Waals surface area contributed by atoms with Gasteiger partial charge in [-0.05, 0) is 32.8 Å². The van der Waals surface area contributed by atoms with Gasteiger partial charge in [0.1, 0.15) is 18.8 Å². The molecule has 2 atom stereocenters. The molecule has 1 aromatic rings. The van der Waals surface area contributed by atoms with Crippen molar-refractivity contribution in [2.24, 2.45) is 11.8 Å². The van der Waals surface area contributed by atoms with E-state index in [0.717, 1.165) is 17.0 Å². The number of aromatic amines is 1. The Labute approximate surface area is 164 Å². The van der Waals surface area contributed by atoms with Crippen molar-refractivity contribution in [3.8, 4) is 5.88 Å². The summed E-state index contributed by atoms with van der Waals surface area (Å²) < 4.78 is 10.7. The lowest BCUT2D eigenvalue weighted by atomic mass is 9.76. The molecule has 8 heteroatoms. The highest BCUT2D eigenvalue weighted by Crippen LogP contribution is 2.35. The molecule has 28 heavy (non-hydrogen) atoms. The quantitative estimate of drug-likeness (QED) is 0.731. The topological polar surface area (TPSA) is 105 Å². The highest BCUT2D eigenvalue weighted by molar-refractivity contribution is 5.97. The van der Waals surface area contributed by atoms with Crippen LogP contribution in [-0.4, -0.2) is 45.3 Å². The fraction of sp³-hybridized carbons (Fsp3) is 0.550. The first-order valence-corrected chi connectivity index (χ1v) is 9.50. The number of amides is 1. The van der Waals surface area contributed by atoms with Crippen LogP contribution in [-0.2, 0) is 14.3 Å². The molecule has 2 aliphatic rings. The van der Waals surface area contributed by atoms with Crippen molar-refractivity contribution < 1.29 is 29.2 Å². The van der Waals surface area contributed by atoms with Gasteiger partial charge in [0.15, 0.2) is 0 Å². The molecule has 1 aromatic heterocycles. The molecule has 1 aliphatic heterocycles. The number of carbonyl (C=O) groups is 2. The van der Waals surface area contributed by atoms with Crippen LogP contribution in [0, 0.1) is 11.8 Å². The largest absolute Gasteiger partial charge is 0.550 e. The molecule has 0 spiro atoms. The molecule has 2 N–H and O–H groups in total. The number of ether oxygens (including phenoxy) is 2. The number of carbonyl (C=O) groups excluding carboxylic acids is 2. The van der Waals surface area contributed by atoms with E-state index >= 15 is 0 Å². The van der Waals surface area contributed by atoms with Gasteiger partial charge in [-0.2, -0.15) is 0 Å². The van der Waals surface area contributed by atoms with Gasteiger partial charge in [0.2, 0.25) is 5.91 Å². The van der Waals surface area contributed by atoms with E-state index in [2.05, 4.69) is 15.2 Å². The number of hydrogen-bond acceptors (Lipinski definition) is 6. The first kappa shape index (κ1) is 20.1. The van der Waals surface area contributed by atoms with E-state index in [1.54, 1.807) is 19.2 Å². The molecule has 1 aliphatic carbocycles. The van der Waals surface area contributed by atoms with Crippen LogP contribution in [0.1, 0.15) is 26.7 Å². The van der Waals surface area contributed by atoms with Crippen LogP contribution >= 0.6 is 0 Å². The summed E-state index contributed by atoms with van der Waals surface area (Å²) in [5.41, 5.74) is 2.67. The minimum atomic E-state index is -1.18. The number of aliphatic carboxylic acids is 1. The van der Waals surface area contributed by atoms with Crippen LogP contribution in [0.4, 0.5) is 11.5 Å². The summed E-state index contributed by atoms with van der Waals surface area (Å²) in [4.78, 5) is 29.9. The predicted octanol–water partition coefficient (Wildman–Crippen LogP) is 0.397. The summed E-state index contributed by atoms with van der Waals surface area (Å²) >= 11 is 0. The third kappa shape index (κ3) is 4.27. The van der Waals surface area contributed by atoms with Crippen LogP contribution in [0.5, 0.6) is 5.88 Å². The molecule has 1 fully saturated rings. The summed E-state index contributed by atoms with van der Waals surface area (Å²) in [5, 5.41) is 14.5. The average molecular weight is 389 g/mol. The zero-order valence-corrected chi connectivity index (χ0v) is 16.5. The van der Waals surface area contributed by atoms with Crippen molar-refractivity contribution in [3.05, 3.63) is 23.3 Å². The van der Waals surface area contributed by atoms with Crippen molar-refractivity contribution in [2.75, 3.05) is 43.6 Å². The maximum Gasteiger partial charge on any atom is 0.301 e. The van der Waals surface area contributed by atoms with Crippen molar-refractivity contribution in [1.82, 2.24) is 0 Å². The normalized spacial score (nSPS) is 22.8. The smallest absolute Gasteiger partial charge is 0.301 e. The molecule has 152 valence electrons. The summed E-state index contributed by atoms with van der Waals surface area (Å²) in [6.07, 6.45) is 0.764. The van der Waals surface area contributed by atoms with Gasteiger partial charge < -0.3 is 24.7 Å². The molecule has 0 unspecified atom stereocenters. The van der Waals surface area contributed by atoms with Gasteiger partial charge in [-0.25, -0.2) is 4.98 Å². The Kier molecular flexibility index (Phi) is 6.18. The monoisotopic (exact) mass is 389 g/mol. The van der Waals surface area contributed by atoms with Crippen LogP contribution in [0.15, 0.2) is 23.3 Å². The molecule has 0 aromatic carbocycles. The van der Waals surface area contributed by atoms with Gasteiger partial charge in [0.25, 0.3) is 5.88 Å². The summed E-state index contributed by atoms with van der Waals surface area (Å²) in [5.74, 6) is -1.68. The third-order valence-corrected chi connectivity index (χ3v) is 5.61.